The minimum absolute atomic E-state index is 0.103. The second-order valence-electron chi connectivity index (χ2n) is 12.6. The summed E-state index contributed by atoms with van der Waals surface area (Å²) in [6.07, 6.45) is 4.79. The van der Waals surface area contributed by atoms with Gasteiger partial charge >= 0.3 is 0 Å². The van der Waals surface area contributed by atoms with Crippen LogP contribution in [0.2, 0.25) is 0 Å². The molecule has 3 heterocycles. The number of amides is 4. The number of hydrogen-bond donors (Lipinski definition) is 2. The first kappa shape index (κ1) is 29.6. The largest absolute Gasteiger partial charge is 0.385 e. The maximum absolute atomic E-state index is 13.1. The van der Waals surface area contributed by atoms with Crippen molar-refractivity contribution in [2.45, 2.75) is 65.3 Å². The lowest BCUT2D eigenvalue weighted by molar-refractivity contribution is -0.136. The van der Waals surface area contributed by atoms with Crippen LogP contribution in [0.25, 0.3) is 11.1 Å². The Kier molecular flexibility index (Phi) is 8.00. The predicted molar refractivity (Wildman–Crippen MR) is 166 cm³/mol. The molecule has 2 aromatic carbocycles. The van der Waals surface area contributed by atoms with Gasteiger partial charge in [0.05, 0.1) is 16.8 Å². The molecule has 1 atom stereocenters. The minimum Gasteiger partial charge on any atom is -0.385 e. The second kappa shape index (κ2) is 11.9. The smallest absolute Gasteiger partial charge is 0.262 e. The van der Waals surface area contributed by atoms with Crippen LogP contribution in [0.1, 0.15) is 76.3 Å². The molecule has 1 aromatic heterocycles. The molecule has 2 fully saturated rings. The third-order valence-electron chi connectivity index (χ3n) is 9.48. The Morgan fingerprint density at radius 2 is 1.66 bits per heavy atom. The van der Waals surface area contributed by atoms with Crippen molar-refractivity contribution in [3.8, 4) is 11.1 Å². The number of benzene rings is 2. The Morgan fingerprint density at radius 3 is 2.36 bits per heavy atom. The molecule has 2 aliphatic heterocycles. The van der Waals surface area contributed by atoms with E-state index in [-0.39, 0.29) is 18.7 Å². The number of piperidine rings is 1. The molecule has 1 saturated heterocycles. The van der Waals surface area contributed by atoms with E-state index in [0.29, 0.717) is 23.0 Å². The number of imide groups is 2. The summed E-state index contributed by atoms with van der Waals surface area (Å²) in [4.78, 5) is 53.4. The highest BCUT2D eigenvalue weighted by atomic mass is 16.5. The lowest BCUT2D eigenvalue weighted by atomic mass is 9.81. The van der Waals surface area contributed by atoms with Crippen molar-refractivity contribution in [1.82, 2.24) is 15.4 Å². The van der Waals surface area contributed by atoms with Gasteiger partial charge in [-0.25, -0.2) is 0 Å². The molecule has 3 aromatic rings. The van der Waals surface area contributed by atoms with Gasteiger partial charge in [-0.3, -0.25) is 29.4 Å². The molecular formula is C34H39N5O5. The Balaban J connectivity index is 1.02. The number of carbonyl (C=O) groups excluding carboxylic acids is 4. The summed E-state index contributed by atoms with van der Waals surface area (Å²) in [7, 11) is 2.17. The number of carbonyl (C=O) groups is 4. The predicted octanol–water partition coefficient (Wildman–Crippen LogP) is 5.02. The number of nitrogens with one attached hydrogen (secondary N) is 2. The van der Waals surface area contributed by atoms with Crippen LogP contribution in [0, 0.1) is 32.6 Å². The van der Waals surface area contributed by atoms with E-state index in [2.05, 4.69) is 52.9 Å². The summed E-state index contributed by atoms with van der Waals surface area (Å²) in [6, 6.07) is 10.8. The molecule has 44 heavy (non-hydrogen) atoms. The molecule has 0 radical (unpaired) electrons. The Labute approximate surface area is 257 Å². The molecule has 3 aliphatic rings. The molecule has 1 aliphatic carbocycles. The normalized spacial score (nSPS) is 21.8. The first-order valence-electron chi connectivity index (χ1n) is 15.4. The topological polar surface area (TPSA) is 125 Å². The summed E-state index contributed by atoms with van der Waals surface area (Å²) in [5.41, 5.74) is 6.95. The van der Waals surface area contributed by atoms with E-state index in [1.807, 2.05) is 19.9 Å². The monoisotopic (exact) mass is 597 g/mol. The molecule has 10 heteroatoms. The van der Waals surface area contributed by atoms with Gasteiger partial charge in [0.15, 0.2) is 0 Å². The van der Waals surface area contributed by atoms with Crippen LogP contribution in [0.4, 0.5) is 11.4 Å². The minimum atomic E-state index is -0.958. The zero-order valence-corrected chi connectivity index (χ0v) is 25.7. The van der Waals surface area contributed by atoms with Crippen LogP contribution in [0.5, 0.6) is 0 Å². The second-order valence-corrected chi connectivity index (χ2v) is 12.6. The van der Waals surface area contributed by atoms with Gasteiger partial charge in [-0.2, -0.15) is 0 Å². The van der Waals surface area contributed by atoms with Crippen LogP contribution >= 0.6 is 0 Å². The fraction of sp³-hybridized carbons (Fsp3) is 0.441. The van der Waals surface area contributed by atoms with Crippen LogP contribution in [-0.4, -0.2) is 59.9 Å². The molecule has 230 valence electrons. The van der Waals surface area contributed by atoms with Crippen molar-refractivity contribution in [3.63, 3.8) is 0 Å². The highest BCUT2D eigenvalue weighted by Gasteiger charge is 2.44. The fourth-order valence-corrected chi connectivity index (χ4v) is 7.02. The quantitative estimate of drug-likeness (QED) is 0.347. The Hall–Kier alpha value is -4.47. The van der Waals surface area contributed by atoms with E-state index in [1.165, 1.54) is 11.3 Å². The number of aryl methyl sites for hydroxylation is 3. The van der Waals surface area contributed by atoms with Crippen molar-refractivity contribution in [3.05, 3.63) is 64.5 Å². The molecule has 0 bridgehead atoms. The Bertz CT molecular complexity index is 1620. The maximum Gasteiger partial charge on any atom is 0.262 e. The molecule has 0 spiro atoms. The first-order valence-corrected chi connectivity index (χ1v) is 15.4. The van der Waals surface area contributed by atoms with Gasteiger partial charge in [0, 0.05) is 43.5 Å². The summed E-state index contributed by atoms with van der Waals surface area (Å²) < 4.78 is 5.40. The third-order valence-corrected chi connectivity index (χ3v) is 9.48. The molecule has 1 unspecified atom stereocenters. The fourth-order valence-electron chi connectivity index (χ4n) is 7.02. The number of nitrogens with zero attached hydrogens (tertiary/aromatic N) is 3. The highest BCUT2D eigenvalue weighted by Crippen LogP contribution is 2.35. The van der Waals surface area contributed by atoms with Gasteiger partial charge in [0.25, 0.3) is 11.8 Å². The number of rotatable bonds is 8. The molecular weight excluding hydrogens is 558 g/mol. The number of aromatic nitrogens is 1. The van der Waals surface area contributed by atoms with Crippen LogP contribution < -0.4 is 15.5 Å². The number of hydrogen-bond acceptors (Lipinski definition) is 8. The first-order chi connectivity index (χ1) is 21.1. The molecule has 10 nitrogen and oxygen atoms in total. The maximum atomic E-state index is 13.1. The van der Waals surface area contributed by atoms with E-state index >= 15 is 0 Å². The standard InChI is InChI=1S/C34H39N5O5/c1-19-5-10-24(31-20(2)37-44-21(31)3)15-29(19)38(4)18-23-8-6-22(7-9-23)17-35-25-11-12-26-27(16-25)34(43)39(33(26)42)28-13-14-30(40)36-32(28)41/h5,10-12,15-16,22-23,28,35H,6-9,13-14,17-18H2,1-4H3,(H,36,40,41). The van der Waals surface area contributed by atoms with Crippen LogP contribution in [0.3, 0.4) is 0 Å². The van der Waals surface area contributed by atoms with Gasteiger partial charge in [-0.15, -0.1) is 0 Å². The van der Waals surface area contributed by atoms with Gasteiger partial charge in [-0.05, 0) is 100 Å². The SMILES string of the molecule is Cc1ccc(-c2c(C)noc2C)cc1N(C)CC1CCC(CNc2ccc3c(c2)C(=O)N(C2CCC(=O)NC2=O)C3=O)CC1. The third kappa shape index (κ3) is 5.60. The molecule has 1 saturated carbocycles. The van der Waals surface area contributed by atoms with Crippen molar-refractivity contribution in [1.29, 1.82) is 0 Å². The van der Waals surface area contributed by atoms with Crippen molar-refractivity contribution < 1.29 is 23.7 Å². The summed E-state index contributed by atoms with van der Waals surface area (Å²) in [5, 5.41) is 9.83. The van der Waals surface area contributed by atoms with Crippen molar-refractivity contribution in [2.24, 2.45) is 11.8 Å². The summed E-state index contributed by atoms with van der Waals surface area (Å²) in [5.74, 6) is 0.00886. The molecule has 6 rings (SSSR count). The van der Waals surface area contributed by atoms with Gasteiger partial charge < -0.3 is 14.7 Å². The van der Waals surface area contributed by atoms with E-state index in [0.717, 1.165) is 71.9 Å². The Morgan fingerprint density at radius 1 is 0.932 bits per heavy atom. The van der Waals surface area contributed by atoms with Gasteiger partial charge in [0.2, 0.25) is 11.8 Å². The van der Waals surface area contributed by atoms with E-state index in [1.54, 1.807) is 12.1 Å². The molecule has 4 amide bonds. The zero-order chi connectivity index (χ0) is 31.1. The zero-order valence-electron chi connectivity index (χ0n) is 25.7. The van der Waals surface area contributed by atoms with E-state index in [9.17, 15) is 19.2 Å². The average Bonchev–Trinajstić information content (AvgIpc) is 3.47. The average molecular weight is 598 g/mol. The number of fused-ring (bicyclic) bond motifs is 1. The van der Waals surface area contributed by atoms with Crippen molar-refractivity contribution in [2.75, 3.05) is 30.4 Å². The summed E-state index contributed by atoms with van der Waals surface area (Å²) in [6.45, 7) is 7.87. The molecule has 2 N–H and O–H groups in total. The van der Waals surface area contributed by atoms with Crippen molar-refractivity contribution >= 4 is 35.0 Å². The number of anilines is 2. The summed E-state index contributed by atoms with van der Waals surface area (Å²) >= 11 is 0. The van der Waals surface area contributed by atoms with Crippen LogP contribution in [-0.2, 0) is 9.59 Å². The van der Waals surface area contributed by atoms with Gasteiger partial charge in [-0.1, -0.05) is 17.3 Å². The van der Waals surface area contributed by atoms with Crippen LogP contribution in [0.15, 0.2) is 40.9 Å². The highest BCUT2D eigenvalue weighted by molar-refractivity contribution is 6.23. The van der Waals surface area contributed by atoms with E-state index in [4.69, 9.17) is 4.52 Å². The lowest BCUT2D eigenvalue weighted by Crippen LogP contribution is -2.54. The van der Waals surface area contributed by atoms with E-state index < -0.39 is 23.8 Å². The van der Waals surface area contributed by atoms with Gasteiger partial charge in [0.1, 0.15) is 11.8 Å². The lowest BCUT2D eigenvalue weighted by Gasteiger charge is -2.33.